The Labute approximate surface area is 109 Å². The lowest BCUT2D eigenvalue weighted by Crippen LogP contribution is -2.43. The molecule has 2 aliphatic rings. The van der Waals surface area contributed by atoms with Crippen LogP contribution < -0.4 is 11.1 Å². The molecule has 0 spiro atoms. The Morgan fingerprint density at radius 2 is 2.11 bits per heavy atom. The van der Waals surface area contributed by atoms with Gasteiger partial charge in [-0.15, -0.1) is 0 Å². The maximum absolute atomic E-state index is 12.0. The van der Waals surface area contributed by atoms with E-state index in [1.165, 1.54) is 0 Å². The van der Waals surface area contributed by atoms with Gasteiger partial charge in [-0.2, -0.15) is 0 Å². The van der Waals surface area contributed by atoms with Crippen molar-refractivity contribution in [3.63, 3.8) is 0 Å². The van der Waals surface area contributed by atoms with Crippen molar-refractivity contribution < 1.29 is 9.53 Å². The number of amides is 1. The average molecular weight is 255 g/mol. The van der Waals surface area contributed by atoms with Gasteiger partial charge in [0.25, 0.3) is 0 Å². The van der Waals surface area contributed by atoms with Crippen LogP contribution in [0.3, 0.4) is 0 Å². The van der Waals surface area contributed by atoms with E-state index in [2.05, 4.69) is 10.2 Å². The first-order chi connectivity index (χ1) is 8.75. The van der Waals surface area contributed by atoms with E-state index in [0.717, 1.165) is 65.1 Å². The van der Waals surface area contributed by atoms with E-state index in [4.69, 9.17) is 10.5 Å². The Balaban J connectivity index is 1.61. The first kappa shape index (κ1) is 13.8. The van der Waals surface area contributed by atoms with Crippen LogP contribution in [0, 0.1) is 5.92 Å². The third-order valence-corrected chi connectivity index (χ3v) is 3.92. The van der Waals surface area contributed by atoms with E-state index in [-0.39, 0.29) is 17.9 Å². The number of nitrogens with one attached hydrogen (secondary N) is 1. The molecule has 5 nitrogen and oxygen atoms in total. The van der Waals surface area contributed by atoms with E-state index in [1.54, 1.807) is 0 Å². The van der Waals surface area contributed by atoms with Crippen molar-refractivity contribution in [2.75, 3.05) is 39.4 Å². The molecular formula is C13H25N3O2. The van der Waals surface area contributed by atoms with Crippen LogP contribution in [0.5, 0.6) is 0 Å². The van der Waals surface area contributed by atoms with Gasteiger partial charge in [-0.05, 0) is 19.3 Å². The van der Waals surface area contributed by atoms with Crippen molar-refractivity contribution in [3.8, 4) is 0 Å². The summed E-state index contributed by atoms with van der Waals surface area (Å²) >= 11 is 0. The summed E-state index contributed by atoms with van der Waals surface area (Å²) in [5.74, 6) is 0.330. The predicted octanol–water partition coefficient (Wildman–Crippen LogP) is -0.0477. The number of carbonyl (C=O) groups excluding carboxylic acids is 1. The summed E-state index contributed by atoms with van der Waals surface area (Å²) in [7, 11) is 0. The molecule has 2 rings (SSSR count). The Morgan fingerprint density at radius 3 is 2.83 bits per heavy atom. The van der Waals surface area contributed by atoms with Gasteiger partial charge in [0.1, 0.15) is 0 Å². The Bertz CT molecular complexity index is 267. The van der Waals surface area contributed by atoms with E-state index in [1.807, 2.05) is 0 Å². The van der Waals surface area contributed by atoms with E-state index < -0.39 is 0 Å². The molecule has 2 fully saturated rings. The Hall–Kier alpha value is -0.650. The van der Waals surface area contributed by atoms with Crippen LogP contribution in [0.25, 0.3) is 0 Å². The van der Waals surface area contributed by atoms with Crippen molar-refractivity contribution in [2.24, 2.45) is 11.7 Å². The second kappa shape index (κ2) is 7.07. The standard InChI is InChI=1S/C13H25N3O2/c14-12-3-1-2-11(10-12)13(17)15-4-5-16-6-8-18-9-7-16/h11-12H,1-10,14H2,(H,15,17). The number of hydrogen-bond acceptors (Lipinski definition) is 4. The SMILES string of the molecule is NC1CCCC(C(=O)NCCN2CCOCC2)C1. The molecule has 0 bridgehead atoms. The molecule has 2 atom stereocenters. The molecule has 104 valence electrons. The average Bonchev–Trinajstić information content (AvgIpc) is 2.40. The summed E-state index contributed by atoms with van der Waals surface area (Å²) in [6.07, 6.45) is 4.00. The van der Waals surface area contributed by atoms with Gasteiger partial charge in [0.05, 0.1) is 13.2 Å². The van der Waals surface area contributed by atoms with E-state index in [0.29, 0.717) is 0 Å². The third-order valence-electron chi connectivity index (χ3n) is 3.92. The molecule has 2 unspecified atom stereocenters. The van der Waals surface area contributed by atoms with Gasteiger partial charge in [0, 0.05) is 38.1 Å². The van der Waals surface area contributed by atoms with Gasteiger partial charge in [-0.1, -0.05) is 6.42 Å². The number of ether oxygens (including phenoxy) is 1. The molecule has 1 saturated carbocycles. The smallest absolute Gasteiger partial charge is 0.223 e. The predicted molar refractivity (Wildman–Crippen MR) is 70.2 cm³/mol. The molecule has 3 N–H and O–H groups in total. The topological polar surface area (TPSA) is 67.6 Å². The van der Waals surface area contributed by atoms with Gasteiger partial charge in [0.15, 0.2) is 0 Å². The summed E-state index contributed by atoms with van der Waals surface area (Å²) in [5, 5.41) is 3.04. The lowest BCUT2D eigenvalue weighted by Gasteiger charge is -2.28. The molecule has 0 radical (unpaired) electrons. The molecule has 0 aromatic heterocycles. The maximum Gasteiger partial charge on any atom is 0.223 e. The number of nitrogens with two attached hydrogens (primary N) is 1. The minimum absolute atomic E-state index is 0.137. The molecule has 0 aromatic carbocycles. The first-order valence-electron chi connectivity index (χ1n) is 7.09. The van der Waals surface area contributed by atoms with Gasteiger partial charge < -0.3 is 15.8 Å². The Kier molecular flexibility index (Phi) is 5.41. The number of nitrogens with zero attached hydrogens (tertiary/aromatic N) is 1. The number of morpholine rings is 1. The summed E-state index contributed by atoms with van der Waals surface area (Å²) in [6.45, 7) is 5.24. The lowest BCUT2D eigenvalue weighted by atomic mass is 9.85. The van der Waals surface area contributed by atoms with Crippen molar-refractivity contribution in [3.05, 3.63) is 0 Å². The summed E-state index contributed by atoms with van der Waals surface area (Å²) in [4.78, 5) is 14.3. The molecule has 18 heavy (non-hydrogen) atoms. The van der Waals surface area contributed by atoms with Crippen molar-refractivity contribution in [1.82, 2.24) is 10.2 Å². The molecule has 5 heteroatoms. The highest BCUT2D eigenvalue weighted by atomic mass is 16.5. The minimum Gasteiger partial charge on any atom is -0.379 e. The van der Waals surface area contributed by atoms with E-state index >= 15 is 0 Å². The normalized spacial score (nSPS) is 30.1. The molecular weight excluding hydrogens is 230 g/mol. The first-order valence-corrected chi connectivity index (χ1v) is 7.09. The van der Waals surface area contributed by atoms with Crippen LogP contribution in [-0.4, -0.2) is 56.2 Å². The molecule has 1 amide bonds. The summed E-state index contributed by atoms with van der Waals surface area (Å²) < 4.78 is 5.29. The second-order valence-electron chi connectivity index (χ2n) is 5.37. The molecule has 1 aliphatic heterocycles. The lowest BCUT2D eigenvalue weighted by molar-refractivity contribution is -0.126. The van der Waals surface area contributed by atoms with Crippen molar-refractivity contribution >= 4 is 5.91 Å². The molecule has 0 aromatic rings. The van der Waals surface area contributed by atoms with Gasteiger partial charge in [-0.25, -0.2) is 0 Å². The van der Waals surface area contributed by atoms with Crippen LogP contribution >= 0.6 is 0 Å². The monoisotopic (exact) mass is 255 g/mol. The minimum atomic E-state index is 0.137. The van der Waals surface area contributed by atoms with Crippen LogP contribution in [0.15, 0.2) is 0 Å². The molecule has 1 aliphatic carbocycles. The second-order valence-corrected chi connectivity index (χ2v) is 5.37. The fourth-order valence-corrected chi connectivity index (χ4v) is 2.77. The van der Waals surface area contributed by atoms with Crippen molar-refractivity contribution in [2.45, 2.75) is 31.7 Å². The van der Waals surface area contributed by atoms with Crippen LogP contribution in [-0.2, 0) is 9.53 Å². The summed E-state index contributed by atoms with van der Waals surface area (Å²) in [6, 6.07) is 0.216. The highest BCUT2D eigenvalue weighted by molar-refractivity contribution is 5.78. The number of hydrogen-bond donors (Lipinski definition) is 2. The highest BCUT2D eigenvalue weighted by Crippen LogP contribution is 2.22. The zero-order valence-electron chi connectivity index (χ0n) is 11.1. The van der Waals surface area contributed by atoms with Crippen LogP contribution in [0.1, 0.15) is 25.7 Å². The van der Waals surface area contributed by atoms with E-state index in [9.17, 15) is 4.79 Å². The zero-order chi connectivity index (χ0) is 12.8. The maximum atomic E-state index is 12.0. The van der Waals surface area contributed by atoms with Crippen LogP contribution in [0.2, 0.25) is 0 Å². The zero-order valence-corrected chi connectivity index (χ0v) is 11.1. The highest BCUT2D eigenvalue weighted by Gasteiger charge is 2.25. The largest absolute Gasteiger partial charge is 0.379 e. The molecule has 1 heterocycles. The summed E-state index contributed by atoms with van der Waals surface area (Å²) in [5.41, 5.74) is 5.91. The van der Waals surface area contributed by atoms with Gasteiger partial charge in [-0.3, -0.25) is 9.69 Å². The van der Waals surface area contributed by atoms with Crippen LogP contribution in [0.4, 0.5) is 0 Å². The van der Waals surface area contributed by atoms with Gasteiger partial charge >= 0.3 is 0 Å². The quantitative estimate of drug-likeness (QED) is 0.739. The Morgan fingerprint density at radius 1 is 1.33 bits per heavy atom. The third kappa shape index (κ3) is 4.23. The number of rotatable bonds is 4. The fourth-order valence-electron chi connectivity index (χ4n) is 2.77. The van der Waals surface area contributed by atoms with Gasteiger partial charge in [0.2, 0.25) is 5.91 Å². The number of carbonyl (C=O) groups is 1. The molecule has 1 saturated heterocycles. The fraction of sp³-hybridized carbons (Fsp3) is 0.923. The van der Waals surface area contributed by atoms with Crippen molar-refractivity contribution in [1.29, 1.82) is 0 Å².